The second kappa shape index (κ2) is 5.19. The molecule has 2 unspecified atom stereocenters. The number of nitrogens with zero attached hydrogens (tertiary/aromatic N) is 1. The van der Waals surface area contributed by atoms with Gasteiger partial charge in [0.1, 0.15) is 0 Å². The quantitative estimate of drug-likeness (QED) is 0.784. The van der Waals surface area contributed by atoms with Crippen LogP contribution in [0.2, 0.25) is 0 Å². The molecule has 1 heterocycles. The lowest BCUT2D eigenvalue weighted by atomic mass is 10.0. The van der Waals surface area contributed by atoms with Crippen LogP contribution in [-0.2, 0) is 10.0 Å². The highest BCUT2D eigenvalue weighted by molar-refractivity contribution is 7.89. The van der Waals surface area contributed by atoms with Gasteiger partial charge in [0.15, 0.2) is 0 Å². The van der Waals surface area contributed by atoms with E-state index in [9.17, 15) is 8.42 Å². The molecule has 0 spiro atoms. The summed E-state index contributed by atoms with van der Waals surface area (Å²) >= 11 is 6.14. The molecule has 0 amide bonds. The van der Waals surface area contributed by atoms with Gasteiger partial charge >= 0.3 is 0 Å². The molecule has 1 aromatic rings. The Labute approximate surface area is 114 Å². The molecule has 0 saturated carbocycles. The predicted molar refractivity (Wildman–Crippen MR) is 73.4 cm³/mol. The van der Waals surface area contributed by atoms with Crippen molar-refractivity contribution < 1.29 is 8.42 Å². The Hall–Kier alpha value is -0.580. The Morgan fingerprint density at radius 1 is 1.33 bits per heavy atom. The fourth-order valence-corrected chi connectivity index (χ4v) is 4.24. The maximum Gasteiger partial charge on any atom is 0.243 e. The van der Waals surface area contributed by atoms with E-state index in [4.69, 9.17) is 11.6 Å². The zero-order valence-electron chi connectivity index (χ0n) is 10.6. The summed E-state index contributed by atoms with van der Waals surface area (Å²) in [6.07, 6.45) is 0.716. The molecule has 0 aromatic heterocycles. The molecule has 2 atom stereocenters. The Morgan fingerprint density at radius 3 is 2.61 bits per heavy atom. The van der Waals surface area contributed by atoms with E-state index in [1.54, 1.807) is 16.4 Å². The maximum atomic E-state index is 12.5. The number of aryl methyl sites for hydroxylation is 1. The molecule has 1 fully saturated rings. The summed E-state index contributed by atoms with van der Waals surface area (Å²) in [7, 11) is -3.37. The van der Waals surface area contributed by atoms with Crippen LogP contribution in [0.3, 0.4) is 0 Å². The molecule has 1 aliphatic rings. The topological polar surface area (TPSA) is 37.4 Å². The van der Waals surface area contributed by atoms with Crippen molar-refractivity contribution in [2.45, 2.75) is 30.5 Å². The van der Waals surface area contributed by atoms with Crippen LogP contribution >= 0.6 is 11.6 Å². The number of rotatable bonds is 2. The van der Waals surface area contributed by atoms with Gasteiger partial charge in [-0.1, -0.05) is 25.1 Å². The van der Waals surface area contributed by atoms with E-state index in [1.165, 1.54) is 0 Å². The van der Waals surface area contributed by atoms with E-state index in [1.807, 2.05) is 26.0 Å². The second-order valence-corrected chi connectivity index (χ2v) is 7.38. The van der Waals surface area contributed by atoms with Gasteiger partial charge in [0.2, 0.25) is 10.0 Å². The summed E-state index contributed by atoms with van der Waals surface area (Å²) in [6, 6.07) is 7.10. The van der Waals surface area contributed by atoms with Crippen molar-refractivity contribution in [2.75, 3.05) is 13.1 Å². The summed E-state index contributed by atoms with van der Waals surface area (Å²) in [5.74, 6) is 0.194. The van der Waals surface area contributed by atoms with Crippen molar-refractivity contribution in [2.24, 2.45) is 5.92 Å². The number of benzene rings is 1. The Morgan fingerprint density at radius 2 is 2.00 bits per heavy atom. The molecular formula is C13H18ClNO2S. The summed E-state index contributed by atoms with van der Waals surface area (Å²) in [5.41, 5.74) is 0.790. The first-order valence-corrected chi connectivity index (χ1v) is 8.00. The standard InChI is InChI=1S/C13H18ClNO2S/c1-10-5-3-4-6-13(10)18(16,17)15-8-7-12(14)11(2)9-15/h3-6,11-12H,7-9H2,1-2H3. The van der Waals surface area contributed by atoms with Crippen LogP contribution in [0.25, 0.3) is 0 Å². The minimum Gasteiger partial charge on any atom is -0.207 e. The smallest absolute Gasteiger partial charge is 0.207 e. The molecule has 100 valence electrons. The predicted octanol–water partition coefficient (Wildman–Crippen LogP) is 2.63. The average Bonchev–Trinajstić information content (AvgIpc) is 2.33. The summed E-state index contributed by atoms with van der Waals surface area (Å²) in [4.78, 5) is 0.408. The van der Waals surface area contributed by atoms with Crippen LogP contribution in [0.15, 0.2) is 29.2 Å². The van der Waals surface area contributed by atoms with Gasteiger partial charge in [-0.25, -0.2) is 8.42 Å². The molecule has 0 radical (unpaired) electrons. The molecule has 1 saturated heterocycles. The van der Waals surface area contributed by atoms with Gasteiger partial charge in [0.25, 0.3) is 0 Å². The summed E-state index contributed by atoms with van der Waals surface area (Å²) in [6.45, 7) is 4.84. The number of alkyl halides is 1. The highest BCUT2D eigenvalue weighted by Crippen LogP contribution is 2.27. The Kier molecular flexibility index (Phi) is 3.99. The number of sulfonamides is 1. The third-order valence-corrected chi connectivity index (χ3v) is 6.15. The van der Waals surface area contributed by atoms with E-state index < -0.39 is 10.0 Å². The molecular weight excluding hydrogens is 270 g/mol. The van der Waals surface area contributed by atoms with E-state index in [2.05, 4.69) is 0 Å². The third-order valence-electron chi connectivity index (χ3n) is 3.47. The van der Waals surface area contributed by atoms with Crippen LogP contribution in [0, 0.1) is 12.8 Å². The van der Waals surface area contributed by atoms with Crippen molar-refractivity contribution in [1.29, 1.82) is 0 Å². The largest absolute Gasteiger partial charge is 0.243 e. The summed E-state index contributed by atoms with van der Waals surface area (Å²) < 4.78 is 26.6. The molecule has 0 bridgehead atoms. The maximum absolute atomic E-state index is 12.5. The van der Waals surface area contributed by atoms with Crippen LogP contribution in [0.1, 0.15) is 18.9 Å². The van der Waals surface area contributed by atoms with Crippen molar-refractivity contribution in [3.63, 3.8) is 0 Å². The fourth-order valence-electron chi connectivity index (χ4n) is 2.28. The minimum atomic E-state index is -3.37. The van der Waals surface area contributed by atoms with Crippen molar-refractivity contribution in [3.8, 4) is 0 Å². The molecule has 1 aromatic carbocycles. The van der Waals surface area contributed by atoms with Gasteiger partial charge in [-0.05, 0) is 30.9 Å². The number of hydrogen-bond acceptors (Lipinski definition) is 2. The lowest BCUT2D eigenvalue weighted by molar-refractivity contribution is 0.286. The highest BCUT2D eigenvalue weighted by atomic mass is 35.5. The van der Waals surface area contributed by atoms with Crippen LogP contribution in [-0.4, -0.2) is 31.2 Å². The zero-order valence-corrected chi connectivity index (χ0v) is 12.2. The average molecular weight is 288 g/mol. The Balaban J connectivity index is 2.30. The van der Waals surface area contributed by atoms with Gasteiger partial charge in [-0.3, -0.25) is 0 Å². The fraction of sp³-hybridized carbons (Fsp3) is 0.538. The number of hydrogen-bond donors (Lipinski definition) is 0. The van der Waals surface area contributed by atoms with Gasteiger partial charge in [-0.2, -0.15) is 4.31 Å². The molecule has 3 nitrogen and oxygen atoms in total. The van der Waals surface area contributed by atoms with E-state index >= 15 is 0 Å². The minimum absolute atomic E-state index is 0.0771. The normalized spacial score (nSPS) is 26.2. The van der Waals surface area contributed by atoms with Gasteiger partial charge in [-0.15, -0.1) is 11.6 Å². The van der Waals surface area contributed by atoms with Gasteiger partial charge < -0.3 is 0 Å². The molecule has 18 heavy (non-hydrogen) atoms. The molecule has 2 rings (SSSR count). The first-order chi connectivity index (χ1) is 8.43. The van der Waals surface area contributed by atoms with Crippen molar-refractivity contribution in [3.05, 3.63) is 29.8 Å². The van der Waals surface area contributed by atoms with Crippen LogP contribution in [0.5, 0.6) is 0 Å². The molecule has 0 aliphatic carbocycles. The monoisotopic (exact) mass is 287 g/mol. The van der Waals surface area contributed by atoms with E-state index in [-0.39, 0.29) is 11.3 Å². The van der Waals surface area contributed by atoms with Gasteiger partial charge in [0.05, 0.1) is 4.90 Å². The lowest BCUT2D eigenvalue weighted by Crippen LogP contribution is -2.43. The third kappa shape index (κ3) is 2.56. The van der Waals surface area contributed by atoms with Gasteiger partial charge in [0, 0.05) is 18.5 Å². The zero-order chi connectivity index (χ0) is 13.3. The molecule has 5 heteroatoms. The van der Waals surface area contributed by atoms with Crippen LogP contribution < -0.4 is 0 Å². The lowest BCUT2D eigenvalue weighted by Gasteiger charge is -2.33. The summed E-state index contributed by atoms with van der Waals surface area (Å²) in [5, 5.41) is 0.0771. The first kappa shape index (κ1) is 13.8. The number of piperidine rings is 1. The van der Waals surface area contributed by atoms with E-state index in [0.717, 1.165) is 5.56 Å². The first-order valence-electron chi connectivity index (χ1n) is 6.13. The van der Waals surface area contributed by atoms with Crippen LogP contribution in [0.4, 0.5) is 0 Å². The SMILES string of the molecule is Cc1ccccc1S(=O)(=O)N1CCC(Cl)C(C)C1. The van der Waals surface area contributed by atoms with E-state index in [0.29, 0.717) is 24.4 Å². The van der Waals surface area contributed by atoms with Crippen molar-refractivity contribution >= 4 is 21.6 Å². The highest BCUT2D eigenvalue weighted by Gasteiger charge is 2.33. The number of halogens is 1. The molecule has 0 N–H and O–H groups in total. The van der Waals surface area contributed by atoms with Crippen molar-refractivity contribution in [1.82, 2.24) is 4.31 Å². The molecule has 1 aliphatic heterocycles. The Bertz CT molecular complexity index is 530. The second-order valence-electron chi connectivity index (χ2n) is 4.91.